The second kappa shape index (κ2) is 2.28. The summed E-state index contributed by atoms with van der Waals surface area (Å²) in [7, 11) is 0. The fourth-order valence-corrected chi connectivity index (χ4v) is 1.55. The zero-order chi connectivity index (χ0) is 6.97. The van der Waals surface area contributed by atoms with Crippen molar-refractivity contribution in [3.05, 3.63) is 35.9 Å². The maximum absolute atomic E-state index is 5.89. The predicted molar refractivity (Wildman–Crippen MR) is 43.4 cm³/mol. The quantitative estimate of drug-likeness (QED) is 0.543. The van der Waals surface area contributed by atoms with Crippen molar-refractivity contribution in [2.45, 2.75) is 17.7 Å². The lowest BCUT2D eigenvalue weighted by molar-refractivity contribution is 1.13. The maximum atomic E-state index is 5.89. The van der Waals surface area contributed by atoms with Crippen LogP contribution in [-0.2, 0) is 0 Å². The molecule has 0 N–H and O–H groups in total. The summed E-state index contributed by atoms with van der Waals surface area (Å²) in [5.41, 5.74) is 1.39. The Balaban J connectivity index is 2.20. The average molecular weight is 153 g/mol. The minimum Gasteiger partial charge on any atom is -0.122 e. The normalized spacial score (nSPS) is 30.1. The molecule has 0 heterocycles. The molecule has 1 saturated carbocycles. The van der Waals surface area contributed by atoms with Gasteiger partial charge in [0, 0.05) is 11.3 Å². The van der Waals surface area contributed by atoms with Crippen molar-refractivity contribution in [2.75, 3.05) is 0 Å². The fraction of sp³-hybridized carbons (Fsp3) is 0.333. The smallest absolute Gasteiger partial charge is 0.0411 e. The van der Waals surface area contributed by atoms with Gasteiger partial charge in [-0.05, 0) is 12.0 Å². The van der Waals surface area contributed by atoms with Gasteiger partial charge in [-0.1, -0.05) is 30.3 Å². The van der Waals surface area contributed by atoms with E-state index in [0.717, 1.165) is 6.42 Å². The van der Waals surface area contributed by atoms with Crippen molar-refractivity contribution >= 4 is 11.6 Å². The summed E-state index contributed by atoms with van der Waals surface area (Å²) in [6, 6.07) is 10.5. The summed E-state index contributed by atoms with van der Waals surface area (Å²) in [4.78, 5) is 0. The molecule has 0 aliphatic heterocycles. The summed E-state index contributed by atoms with van der Waals surface area (Å²) < 4.78 is 0. The molecule has 52 valence electrons. The molecule has 0 nitrogen and oxygen atoms in total. The van der Waals surface area contributed by atoms with Gasteiger partial charge in [0.05, 0.1) is 0 Å². The summed E-state index contributed by atoms with van der Waals surface area (Å²) in [5.74, 6) is 0.642. The summed E-state index contributed by atoms with van der Waals surface area (Å²) in [6.07, 6.45) is 1.16. The summed E-state index contributed by atoms with van der Waals surface area (Å²) in [6.45, 7) is 0. The van der Waals surface area contributed by atoms with Crippen LogP contribution in [0, 0.1) is 0 Å². The van der Waals surface area contributed by atoms with E-state index in [2.05, 4.69) is 24.3 Å². The van der Waals surface area contributed by atoms with Gasteiger partial charge < -0.3 is 0 Å². The highest BCUT2D eigenvalue weighted by molar-refractivity contribution is 6.23. The monoisotopic (exact) mass is 152 g/mol. The van der Waals surface area contributed by atoms with Gasteiger partial charge in [-0.15, -0.1) is 11.6 Å². The molecule has 0 saturated heterocycles. The number of alkyl halides is 1. The molecule has 1 heteroatoms. The van der Waals surface area contributed by atoms with E-state index >= 15 is 0 Å². The van der Waals surface area contributed by atoms with Crippen LogP contribution in [0.2, 0.25) is 0 Å². The van der Waals surface area contributed by atoms with Crippen LogP contribution in [0.5, 0.6) is 0 Å². The van der Waals surface area contributed by atoms with Gasteiger partial charge in [-0.2, -0.15) is 0 Å². The lowest BCUT2D eigenvalue weighted by Gasteiger charge is -1.93. The van der Waals surface area contributed by atoms with Crippen LogP contribution < -0.4 is 0 Å². The second-order valence-electron chi connectivity index (χ2n) is 2.77. The van der Waals surface area contributed by atoms with E-state index in [1.54, 1.807) is 0 Å². The van der Waals surface area contributed by atoms with Crippen molar-refractivity contribution in [2.24, 2.45) is 0 Å². The van der Waals surface area contributed by atoms with Crippen molar-refractivity contribution in [1.29, 1.82) is 0 Å². The van der Waals surface area contributed by atoms with E-state index in [1.807, 2.05) is 6.07 Å². The molecule has 0 radical (unpaired) electrons. The van der Waals surface area contributed by atoms with Crippen LogP contribution in [-0.4, -0.2) is 5.38 Å². The van der Waals surface area contributed by atoms with Crippen molar-refractivity contribution < 1.29 is 0 Å². The molecule has 1 aromatic rings. The molecular weight excluding hydrogens is 144 g/mol. The molecule has 1 fully saturated rings. The third kappa shape index (κ3) is 1.04. The zero-order valence-electron chi connectivity index (χ0n) is 5.63. The number of halogens is 1. The highest BCUT2D eigenvalue weighted by Gasteiger charge is 2.35. The lowest BCUT2D eigenvalue weighted by atomic mass is 10.1. The standard InChI is InChI=1S/C9H9Cl/c10-9-6-8(9)7-4-2-1-3-5-7/h1-5,8-9H,6H2/t8?,9-/m1/s1. The fourth-order valence-electron chi connectivity index (χ4n) is 1.21. The minimum atomic E-state index is 0.405. The molecule has 1 unspecified atom stereocenters. The number of benzene rings is 1. The summed E-state index contributed by atoms with van der Waals surface area (Å²) >= 11 is 5.89. The zero-order valence-corrected chi connectivity index (χ0v) is 6.38. The minimum absolute atomic E-state index is 0.405. The average Bonchev–Trinajstić information content (AvgIpc) is 2.69. The Morgan fingerprint density at radius 2 is 1.80 bits per heavy atom. The first-order chi connectivity index (χ1) is 4.88. The van der Waals surface area contributed by atoms with E-state index in [1.165, 1.54) is 5.56 Å². The largest absolute Gasteiger partial charge is 0.122 e. The van der Waals surface area contributed by atoms with Crippen LogP contribution in [0.1, 0.15) is 17.9 Å². The molecule has 0 spiro atoms. The van der Waals surface area contributed by atoms with Crippen molar-refractivity contribution in [1.82, 2.24) is 0 Å². The van der Waals surface area contributed by atoms with Crippen LogP contribution >= 0.6 is 11.6 Å². The van der Waals surface area contributed by atoms with E-state index in [4.69, 9.17) is 11.6 Å². The Bertz CT molecular complexity index is 217. The third-order valence-electron chi connectivity index (χ3n) is 1.94. The van der Waals surface area contributed by atoms with Gasteiger partial charge >= 0.3 is 0 Å². The van der Waals surface area contributed by atoms with Crippen molar-refractivity contribution in [3.8, 4) is 0 Å². The Hall–Kier alpha value is -0.490. The number of hydrogen-bond donors (Lipinski definition) is 0. The first kappa shape index (κ1) is 6.23. The van der Waals surface area contributed by atoms with Gasteiger partial charge in [0.2, 0.25) is 0 Å². The van der Waals surface area contributed by atoms with Gasteiger partial charge in [0.25, 0.3) is 0 Å². The second-order valence-corrected chi connectivity index (χ2v) is 3.33. The molecule has 0 aromatic heterocycles. The maximum Gasteiger partial charge on any atom is 0.0411 e. The molecule has 1 aliphatic rings. The summed E-state index contributed by atoms with van der Waals surface area (Å²) in [5, 5.41) is 0.405. The topological polar surface area (TPSA) is 0 Å². The molecular formula is C9H9Cl. The molecule has 2 atom stereocenters. The lowest BCUT2D eigenvalue weighted by Crippen LogP contribution is -1.78. The van der Waals surface area contributed by atoms with E-state index < -0.39 is 0 Å². The Morgan fingerprint density at radius 1 is 1.20 bits per heavy atom. The van der Waals surface area contributed by atoms with E-state index in [9.17, 15) is 0 Å². The third-order valence-corrected chi connectivity index (χ3v) is 2.42. The van der Waals surface area contributed by atoms with Crippen molar-refractivity contribution in [3.63, 3.8) is 0 Å². The number of rotatable bonds is 1. The van der Waals surface area contributed by atoms with Crippen LogP contribution in [0.4, 0.5) is 0 Å². The van der Waals surface area contributed by atoms with E-state index in [0.29, 0.717) is 11.3 Å². The highest BCUT2D eigenvalue weighted by atomic mass is 35.5. The van der Waals surface area contributed by atoms with Crippen LogP contribution in [0.3, 0.4) is 0 Å². The molecule has 0 bridgehead atoms. The van der Waals surface area contributed by atoms with Gasteiger partial charge in [0.15, 0.2) is 0 Å². The Labute approximate surface area is 65.8 Å². The predicted octanol–water partition coefficient (Wildman–Crippen LogP) is 2.78. The molecule has 2 rings (SSSR count). The Kier molecular flexibility index (Phi) is 1.42. The first-order valence-corrected chi connectivity index (χ1v) is 4.00. The molecule has 0 amide bonds. The van der Waals surface area contributed by atoms with Crippen LogP contribution in [0.15, 0.2) is 30.3 Å². The molecule has 10 heavy (non-hydrogen) atoms. The van der Waals surface area contributed by atoms with Gasteiger partial charge in [-0.25, -0.2) is 0 Å². The highest BCUT2D eigenvalue weighted by Crippen LogP contribution is 2.44. The van der Waals surface area contributed by atoms with Gasteiger partial charge in [0.1, 0.15) is 0 Å². The molecule has 1 aliphatic carbocycles. The van der Waals surface area contributed by atoms with Gasteiger partial charge in [-0.3, -0.25) is 0 Å². The number of hydrogen-bond acceptors (Lipinski definition) is 0. The SMILES string of the molecule is Cl[C@@H]1CC1c1ccccc1. The van der Waals surface area contributed by atoms with E-state index in [-0.39, 0.29) is 0 Å². The molecule has 1 aromatic carbocycles. The Morgan fingerprint density at radius 3 is 2.30 bits per heavy atom. The first-order valence-electron chi connectivity index (χ1n) is 3.57. The van der Waals surface area contributed by atoms with Crippen LogP contribution in [0.25, 0.3) is 0 Å².